The van der Waals surface area contributed by atoms with Gasteiger partial charge < -0.3 is 0 Å². The van der Waals surface area contributed by atoms with Crippen LogP contribution in [-0.2, 0) is 30.7 Å². The molecule has 6 nitrogen and oxygen atoms in total. The minimum Gasteiger partial charge on any atom is -0.266 e. The van der Waals surface area contributed by atoms with Crippen LogP contribution < -0.4 is 4.72 Å². The lowest BCUT2D eigenvalue weighted by Gasteiger charge is -2.18. The summed E-state index contributed by atoms with van der Waals surface area (Å²) in [6, 6.07) is 22.4. The average Bonchev–Trinajstić information content (AvgIpc) is 2.77. The van der Waals surface area contributed by atoms with Gasteiger partial charge in [0.15, 0.2) is 0 Å². The second-order valence-electron chi connectivity index (χ2n) is 7.77. The van der Waals surface area contributed by atoms with Gasteiger partial charge in [0.05, 0.1) is 16.4 Å². The van der Waals surface area contributed by atoms with Gasteiger partial charge in [-0.3, -0.25) is 4.18 Å². The van der Waals surface area contributed by atoms with Crippen LogP contribution in [0.3, 0.4) is 0 Å². The summed E-state index contributed by atoms with van der Waals surface area (Å²) in [6.45, 7) is 3.63. The Labute approximate surface area is 190 Å². The molecule has 0 fully saturated rings. The van der Waals surface area contributed by atoms with Crippen LogP contribution in [0.2, 0.25) is 0 Å². The van der Waals surface area contributed by atoms with Crippen LogP contribution in [0.1, 0.15) is 16.7 Å². The Morgan fingerprint density at radius 2 is 1.28 bits per heavy atom. The molecule has 0 radical (unpaired) electrons. The van der Waals surface area contributed by atoms with Crippen LogP contribution in [0.5, 0.6) is 0 Å². The van der Waals surface area contributed by atoms with Crippen molar-refractivity contribution in [2.75, 3.05) is 13.2 Å². The molecule has 0 aliphatic rings. The first-order valence-corrected chi connectivity index (χ1v) is 13.1. The fraction of sp³-hybridized carbons (Fsp3) is 0.250. The third-order valence-corrected chi connectivity index (χ3v) is 7.76. The highest BCUT2D eigenvalue weighted by molar-refractivity contribution is 7.89. The quantitative estimate of drug-likeness (QED) is 0.452. The van der Waals surface area contributed by atoms with Crippen LogP contribution in [0, 0.1) is 19.8 Å². The van der Waals surface area contributed by atoms with Gasteiger partial charge in [0.1, 0.15) is 0 Å². The van der Waals surface area contributed by atoms with E-state index in [-0.39, 0.29) is 22.9 Å². The zero-order valence-electron chi connectivity index (χ0n) is 18.1. The maximum atomic E-state index is 12.7. The topological polar surface area (TPSA) is 89.5 Å². The van der Waals surface area contributed by atoms with Crippen LogP contribution in [-0.4, -0.2) is 30.0 Å². The molecule has 0 spiro atoms. The van der Waals surface area contributed by atoms with Crippen molar-refractivity contribution >= 4 is 20.1 Å². The first-order valence-electron chi connectivity index (χ1n) is 10.2. The van der Waals surface area contributed by atoms with Crippen molar-refractivity contribution < 1.29 is 21.0 Å². The minimum absolute atomic E-state index is 0.0362. The van der Waals surface area contributed by atoms with E-state index in [0.717, 1.165) is 16.7 Å². The highest BCUT2D eigenvalue weighted by atomic mass is 32.2. The molecular formula is C24H27NO5S2. The lowest BCUT2D eigenvalue weighted by molar-refractivity contribution is 0.253. The van der Waals surface area contributed by atoms with Gasteiger partial charge in [-0.1, -0.05) is 65.7 Å². The monoisotopic (exact) mass is 473 g/mol. The van der Waals surface area contributed by atoms with Gasteiger partial charge in [0, 0.05) is 12.5 Å². The number of sulfonamides is 1. The molecule has 8 heteroatoms. The Balaban J connectivity index is 1.73. The summed E-state index contributed by atoms with van der Waals surface area (Å²) in [5, 5.41) is 0. The summed E-state index contributed by atoms with van der Waals surface area (Å²) < 4.78 is 58.5. The second kappa shape index (κ2) is 10.4. The van der Waals surface area contributed by atoms with E-state index >= 15 is 0 Å². The highest BCUT2D eigenvalue weighted by Crippen LogP contribution is 2.17. The molecule has 3 aromatic rings. The number of hydrogen-bond acceptors (Lipinski definition) is 5. The summed E-state index contributed by atoms with van der Waals surface area (Å²) in [7, 11) is -7.68. The molecule has 0 unspecified atom stereocenters. The van der Waals surface area contributed by atoms with Gasteiger partial charge in [-0.15, -0.1) is 0 Å². The van der Waals surface area contributed by atoms with Crippen LogP contribution >= 0.6 is 0 Å². The van der Waals surface area contributed by atoms with Gasteiger partial charge >= 0.3 is 0 Å². The van der Waals surface area contributed by atoms with Crippen LogP contribution in [0.15, 0.2) is 88.7 Å². The van der Waals surface area contributed by atoms with Crippen molar-refractivity contribution in [2.24, 2.45) is 5.92 Å². The maximum Gasteiger partial charge on any atom is 0.296 e. The molecule has 0 saturated carbocycles. The van der Waals surface area contributed by atoms with Crippen molar-refractivity contribution in [1.29, 1.82) is 0 Å². The van der Waals surface area contributed by atoms with Crippen LogP contribution in [0.4, 0.5) is 0 Å². The molecule has 3 aromatic carbocycles. The largest absolute Gasteiger partial charge is 0.296 e. The summed E-state index contributed by atoms with van der Waals surface area (Å²) in [4.78, 5) is 0.233. The molecule has 1 atom stereocenters. The lowest BCUT2D eigenvalue weighted by Crippen LogP contribution is -2.33. The fourth-order valence-corrected chi connectivity index (χ4v) is 5.22. The summed E-state index contributed by atoms with van der Waals surface area (Å²) in [5.41, 5.74) is 2.86. The van der Waals surface area contributed by atoms with Gasteiger partial charge in [-0.2, -0.15) is 8.42 Å². The normalized spacial score (nSPS) is 13.1. The Morgan fingerprint density at radius 3 is 1.84 bits per heavy atom. The van der Waals surface area contributed by atoms with Gasteiger partial charge in [0.2, 0.25) is 10.0 Å². The first-order chi connectivity index (χ1) is 15.2. The Morgan fingerprint density at radius 1 is 0.750 bits per heavy atom. The van der Waals surface area contributed by atoms with Gasteiger partial charge in [0.25, 0.3) is 10.1 Å². The number of benzene rings is 3. The van der Waals surface area contributed by atoms with Crippen molar-refractivity contribution in [3.05, 3.63) is 95.6 Å². The number of rotatable bonds is 10. The lowest BCUT2D eigenvalue weighted by atomic mass is 10.0. The highest BCUT2D eigenvalue weighted by Gasteiger charge is 2.21. The molecule has 0 aromatic heterocycles. The summed E-state index contributed by atoms with van der Waals surface area (Å²) in [6.07, 6.45) is 0.459. The van der Waals surface area contributed by atoms with Crippen molar-refractivity contribution in [3.8, 4) is 0 Å². The molecule has 0 aliphatic heterocycles. The minimum atomic E-state index is -3.95. The molecule has 0 aliphatic carbocycles. The van der Waals surface area contributed by atoms with Crippen LogP contribution in [0.25, 0.3) is 0 Å². The van der Waals surface area contributed by atoms with E-state index in [2.05, 4.69) is 4.72 Å². The fourth-order valence-electron chi connectivity index (χ4n) is 3.12. The molecule has 3 rings (SSSR count). The Hall–Kier alpha value is -2.52. The SMILES string of the molecule is Cc1ccc(S(=O)(=O)NC[C@H](COS(=O)(=O)c2ccc(C)cc2)Cc2ccccc2)cc1. The Kier molecular flexibility index (Phi) is 7.84. The Bertz CT molecular complexity index is 1140. The predicted octanol–water partition coefficient (Wildman–Crippen LogP) is 3.85. The molecule has 0 saturated heterocycles. The zero-order chi connectivity index (χ0) is 23.2. The van der Waals surface area contributed by atoms with Gasteiger partial charge in [-0.05, 0) is 50.1 Å². The van der Waals surface area contributed by atoms with Crippen molar-refractivity contribution in [1.82, 2.24) is 4.72 Å². The van der Waals surface area contributed by atoms with Crippen molar-refractivity contribution in [3.63, 3.8) is 0 Å². The van der Waals surface area contributed by atoms with E-state index in [9.17, 15) is 16.8 Å². The second-order valence-corrected chi connectivity index (χ2v) is 11.2. The first kappa shape index (κ1) is 24.1. The molecule has 170 valence electrons. The molecule has 0 amide bonds. The summed E-state index contributed by atoms with van der Waals surface area (Å²) in [5.74, 6) is -0.391. The number of nitrogens with one attached hydrogen (secondary N) is 1. The summed E-state index contributed by atoms with van der Waals surface area (Å²) >= 11 is 0. The third-order valence-electron chi connectivity index (χ3n) is 5.03. The van der Waals surface area contributed by atoms with E-state index in [1.165, 1.54) is 12.1 Å². The molecule has 0 heterocycles. The van der Waals surface area contributed by atoms with E-state index in [1.807, 2.05) is 44.2 Å². The molecule has 0 bridgehead atoms. The van der Waals surface area contributed by atoms with Gasteiger partial charge in [-0.25, -0.2) is 13.1 Å². The molecule has 1 N–H and O–H groups in total. The number of aryl methyl sites for hydroxylation is 2. The van der Waals surface area contributed by atoms with E-state index < -0.39 is 26.1 Å². The smallest absolute Gasteiger partial charge is 0.266 e. The van der Waals surface area contributed by atoms with Crippen molar-refractivity contribution in [2.45, 2.75) is 30.1 Å². The van der Waals surface area contributed by atoms with E-state index in [0.29, 0.717) is 6.42 Å². The molecule has 32 heavy (non-hydrogen) atoms. The average molecular weight is 474 g/mol. The number of hydrogen-bond donors (Lipinski definition) is 1. The maximum absolute atomic E-state index is 12.7. The zero-order valence-corrected chi connectivity index (χ0v) is 19.7. The standard InChI is InChI=1S/C24H27NO5S2/c1-19-8-12-23(13-9-19)31(26,27)25-17-22(16-21-6-4-3-5-7-21)18-30-32(28,29)24-14-10-20(2)11-15-24/h3-15,22,25H,16-18H2,1-2H3/t22-/m1/s1. The molecular weight excluding hydrogens is 446 g/mol. The van der Waals surface area contributed by atoms with E-state index in [1.54, 1.807) is 36.4 Å². The van der Waals surface area contributed by atoms with E-state index in [4.69, 9.17) is 4.18 Å². The third kappa shape index (κ3) is 6.74. The predicted molar refractivity (Wildman–Crippen MR) is 124 cm³/mol.